The molecule has 8 nitrogen and oxygen atoms in total. The van der Waals surface area contributed by atoms with Gasteiger partial charge in [-0.15, -0.1) is 0 Å². The van der Waals surface area contributed by atoms with Crippen molar-refractivity contribution in [2.24, 2.45) is 5.41 Å². The summed E-state index contributed by atoms with van der Waals surface area (Å²) < 4.78 is 17.3. The van der Waals surface area contributed by atoms with Crippen LogP contribution in [0.2, 0.25) is 0 Å². The van der Waals surface area contributed by atoms with E-state index >= 15 is 0 Å². The molecule has 0 saturated carbocycles. The normalized spacial score (nSPS) is 13.9. The molecule has 0 heterocycles. The molecule has 10 heteroatoms. The highest BCUT2D eigenvalue weighted by molar-refractivity contribution is 7.39. The molecule has 2 rings (SSSR count). The van der Waals surface area contributed by atoms with Crippen molar-refractivity contribution >= 4 is 17.2 Å². The Kier molecular flexibility index (Phi) is 11.1. The lowest BCUT2D eigenvalue weighted by Crippen LogP contribution is -2.44. The Balaban J connectivity index is 2.86. The van der Waals surface area contributed by atoms with Crippen LogP contribution in [0.15, 0.2) is 36.4 Å². The summed E-state index contributed by atoms with van der Waals surface area (Å²) in [6.45, 7) is 15.2. The second kappa shape index (κ2) is 12.8. The van der Waals surface area contributed by atoms with Crippen molar-refractivity contribution in [3.63, 3.8) is 0 Å². The zero-order valence-electron chi connectivity index (χ0n) is 23.0. The predicted octanol–water partition coefficient (Wildman–Crippen LogP) is 5.45. The van der Waals surface area contributed by atoms with Gasteiger partial charge in [-0.2, -0.15) is 0 Å². The Hall–Kier alpha value is -1.18. The molecule has 1 unspecified atom stereocenters. The van der Waals surface area contributed by atoms with Gasteiger partial charge in [0.1, 0.15) is 11.9 Å². The highest BCUT2D eigenvalue weighted by Crippen LogP contribution is 2.47. The SMILES string of the molecule is Cc1ccc(OC(c2ccc(C)cc2C(C)(C)C)C(CO)(COP(O)O)COP(O)O)c(C(C)(C)C)c1. The Morgan fingerprint density at radius 2 is 1.19 bits per heavy atom. The number of ether oxygens (including phenoxy) is 1. The van der Waals surface area contributed by atoms with Gasteiger partial charge in [0, 0.05) is 0 Å². The fourth-order valence-electron chi connectivity index (χ4n) is 4.27. The summed E-state index contributed by atoms with van der Waals surface area (Å²) in [5, 5.41) is 10.8. The summed E-state index contributed by atoms with van der Waals surface area (Å²) in [7, 11) is -5.51. The highest BCUT2D eigenvalue weighted by Gasteiger charge is 2.46. The summed E-state index contributed by atoms with van der Waals surface area (Å²) in [6.07, 6.45) is -0.916. The number of hydrogen-bond donors (Lipinski definition) is 5. The molecule has 1 atom stereocenters. The number of aliphatic hydroxyl groups is 1. The minimum Gasteiger partial charge on any atom is -0.485 e. The Morgan fingerprint density at radius 1 is 0.730 bits per heavy atom. The van der Waals surface area contributed by atoms with E-state index in [0.717, 1.165) is 27.8 Å². The van der Waals surface area contributed by atoms with Crippen LogP contribution in [0.4, 0.5) is 0 Å². The van der Waals surface area contributed by atoms with E-state index in [2.05, 4.69) is 53.7 Å². The van der Waals surface area contributed by atoms with Gasteiger partial charge in [-0.3, -0.25) is 0 Å². The van der Waals surface area contributed by atoms with Gasteiger partial charge < -0.3 is 38.5 Å². The topological polar surface area (TPSA) is 129 Å². The van der Waals surface area contributed by atoms with Crippen molar-refractivity contribution in [2.45, 2.75) is 72.3 Å². The van der Waals surface area contributed by atoms with Crippen LogP contribution in [0.5, 0.6) is 5.75 Å². The molecule has 0 aromatic heterocycles. The molecule has 2 aromatic rings. The van der Waals surface area contributed by atoms with E-state index in [0.29, 0.717) is 5.75 Å². The number of rotatable bonds is 11. The van der Waals surface area contributed by atoms with E-state index in [1.807, 2.05) is 38.1 Å². The van der Waals surface area contributed by atoms with E-state index in [-0.39, 0.29) is 24.0 Å². The Bertz CT molecular complexity index is 1020. The number of aryl methyl sites for hydroxylation is 2. The van der Waals surface area contributed by atoms with E-state index in [9.17, 15) is 24.7 Å². The van der Waals surface area contributed by atoms with Crippen molar-refractivity contribution < 1.29 is 38.5 Å². The fraction of sp³-hybridized carbons (Fsp3) is 0.556. The third kappa shape index (κ3) is 8.66. The molecular weight excluding hydrogens is 514 g/mol. The van der Waals surface area contributed by atoms with Crippen LogP contribution < -0.4 is 4.74 Å². The van der Waals surface area contributed by atoms with E-state index in [4.69, 9.17) is 13.8 Å². The summed E-state index contributed by atoms with van der Waals surface area (Å²) in [5.41, 5.74) is 2.77. The standard InChI is InChI=1S/C27H42O8P2/c1-18-9-11-20(21(13-18)25(3,4)5)24(27(15-28,16-33-36(29)30)17-34-37(31)32)35-23-12-10-19(2)14-22(23)26(6,7)8/h9-14,24,28-32H,15-17H2,1-8H3. The summed E-state index contributed by atoms with van der Waals surface area (Å²) in [6, 6.07) is 11.8. The van der Waals surface area contributed by atoms with Crippen LogP contribution in [0.25, 0.3) is 0 Å². The van der Waals surface area contributed by atoms with E-state index in [1.54, 1.807) is 0 Å². The predicted molar refractivity (Wildman–Crippen MR) is 147 cm³/mol. The Labute approximate surface area is 223 Å². The number of hydrogen-bond acceptors (Lipinski definition) is 8. The lowest BCUT2D eigenvalue weighted by molar-refractivity contribution is -0.0663. The first-order chi connectivity index (χ1) is 17.0. The highest BCUT2D eigenvalue weighted by atomic mass is 31.2. The van der Waals surface area contributed by atoms with Gasteiger partial charge in [0.2, 0.25) is 0 Å². The van der Waals surface area contributed by atoms with Crippen LogP contribution in [-0.4, -0.2) is 44.5 Å². The molecule has 0 aliphatic carbocycles. The second-order valence-electron chi connectivity index (χ2n) is 11.7. The molecule has 0 amide bonds. The molecule has 2 aromatic carbocycles. The summed E-state index contributed by atoms with van der Waals surface area (Å²) >= 11 is 0. The molecule has 0 spiro atoms. The smallest absolute Gasteiger partial charge is 0.327 e. The van der Waals surface area contributed by atoms with Crippen LogP contribution in [0.3, 0.4) is 0 Å². The zero-order valence-corrected chi connectivity index (χ0v) is 24.8. The van der Waals surface area contributed by atoms with Crippen LogP contribution in [-0.2, 0) is 19.9 Å². The first kappa shape index (κ1) is 32.0. The lowest BCUT2D eigenvalue weighted by Gasteiger charge is -2.41. The van der Waals surface area contributed by atoms with Crippen molar-refractivity contribution in [3.05, 3.63) is 64.2 Å². The molecule has 0 bridgehead atoms. The Morgan fingerprint density at radius 3 is 1.62 bits per heavy atom. The van der Waals surface area contributed by atoms with Crippen molar-refractivity contribution in [3.8, 4) is 5.75 Å². The molecule has 0 fully saturated rings. The maximum absolute atomic E-state index is 10.8. The maximum atomic E-state index is 10.8. The minimum absolute atomic E-state index is 0.268. The zero-order chi connectivity index (χ0) is 28.2. The third-order valence-electron chi connectivity index (χ3n) is 6.29. The molecule has 0 saturated heterocycles. The monoisotopic (exact) mass is 556 g/mol. The average molecular weight is 557 g/mol. The van der Waals surface area contributed by atoms with Crippen LogP contribution >= 0.6 is 17.2 Å². The van der Waals surface area contributed by atoms with Gasteiger partial charge >= 0.3 is 17.2 Å². The van der Waals surface area contributed by atoms with E-state index in [1.165, 1.54) is 0 Å². The molecule has 208 valence electrons. The number of aliphatic hydroxyl groups excluding tert-OH is 1. The lowest BCUT2D eigenvalue weighted by atomic mass is 9.74. The van der Waals surface area contributed by atoms with Gasteiger partial charge in [-0.05, 0) is 47.4 Å². The van der Waals surface area contributed by atoms with Crippen molar-refractivity contribution in [1.82, 2.24) is 0 Å². The number of benzene rings is 2. The summed E-state index contributed by atoms with van der Waals surface area (Å²) in [5.74, 6) is 0.590. The largest absolute Gasteiger partial charge is 0.485 e. The quantitative estimate of drug-likeness (QED) is 0.231. The van der Waals surface area contributed by atoms with Crippen molar-refractivity contribution in [1.29, 1.82) is 0 Å². The molecule has 5 N–H and O–H groups in total. The van der Waals surface area contributed by atoms with Crippen LogP contribution in [0, 0.1) is 19.3 Å². The molecule has 0 aliphatic heterocycles. The van der Waals surface area contributed by atoms with E-state index < -0.39 is 35.3 Å². The first-order valence-corrected chi connectivity index (χ1v) is 14.4. The van der Waals surface area contributed by atoms with Gasteiger partial charge in [0.15, 0.2) is 0 Å². The minimum atomic E-state index is -2.76. The van der Waals surface area contributed by atoms with Gasteiger partial charge in [-0.1, -0.05) is 83.0 Å². The summed E-state index contributed by atoms with van der Waals surface area (Å²) in [4.78, 5) is 38.3. The fourth-order valence-corrected chi connectivity index (χ4v) is 5.01. The average Bonchev–Trinajstić information content (AvgIpc) is 2.78. The van der Waals surface area contributed by atoms with Crippen molar-refractivity contribution in [2.75, 3.05) is 19.8 Å². The van der Waals surface area contributed by atoms with Gasteiger partial charge in [0.25, 0.3) is 0 Å². The maximum Gasteiger partial charge on any atom is 0.327 e. The first-order valence-electron chi connectivity index (χ1n) is 12.1. The van der Waals surface area contributed by atoms with Gasteiger partial charge in [0.05, 0.1) is 25.2 Å². The molecule has 0 aliphatic rings. The van der Waals surface area contributed by atoms with Gasteiger partial charge in [-0.25, -0.2) is 0 Å². The molecule has 37 heavy (non-hydrogen) atoms. The molecular formula is C27H42O8P2. The third-order valence-corrected chi connectivity index (χ3v) is 7.01. The molecule has 0 radical (unpaired) electrons. The second-order valence-corrected chi connectivity index (χ2v) is 13.2. The van der Waals surface area contributed by atoms with Crippen LogP contribution in [0.1, 0.15) is 75.5 Å².